The number of nitrogens with zero attached hydrogens (tertiary/aromatic N) is 1. The smallest absolute Gasteiger partial charge is 0.269 e. The average molecular weight is 257 g/mol. The van der Waals surface area contributed by atoms with Gasteiger partial charge in [-0.15, -0.1) is 12.4 Å². The molecule has 2 rings (SSSR count). The van der Waals surface area contributed by atoms with Crippen molar-refractivity contribution in [3.05, 3.63) is 39.9 Å². The van der Waals surface area contributed by atoms with E-state index < -0.39 is 0 Å². The molecule has 94 valence electrons. The van der Waals surface area contributed by atoms with Crippen LogP contribution in [0.2, 0.25) is 0 Å². The van der Waals surface area contributed by atoms with Gasteiger partial charge in [-0.2, -0.15) is 0 Å². The van der Waals surface area contributed by atoms with E-state index >= 15 is 0 Å². The third-order valence-electron chi connectivity index (χ3n) is 3.07. The minimum atomic E-state index is -0.348. The van der Waals surface area contributed by atoms with Crippen molar-refractivity contribution in [3.8, 4) is 0 Å². The molecule has 4 nitrogen and oxygen atoms in total. The number of non-ortho nitro benzene ring substituents is 1. The van der Waals surface area contributed by atoms with Crippen LogP contribution in [-0.2, 0) is 6.54 Å². The molecule has 1 aromatic rings. The predicted molar refractivity (Wildman–Crippen MR) is 69.4 cm³/mol. The number of hydrogen-bond donors (Lipinski definition) is 1. The molecule has 1 aliphatic carbocycles. The highest BCUT2D eigenvalue weighted by molar-refractivity contribution is 5.85. The Hall–Kier alpha value is -1.13. The average Bonchev–Trinajstić information content (AvgIpc) is 2.79. The molecule has 1 aromatic carbocycles. The molecule has 0 heterocycles. The molecule has 0 aliphatic heterocycles. The molecule has 0 spiro atoms. The van der Waals surface area contributed by atoms with Crippen LogP contribution in [0.4, 0.5) is 5.69 Å². The van der Waals surface area contributed by atoms with Crippen LogP contribution < -0.4 is 5.32 Å². The Balaban J connectivity index is 0.00000144. The van der Waals surface area contributed by atoms with Crippen LogP contribution in [0.15, 0.2) is 24.3 Å². The molecular formula is C12H17ClN2O2. The Morgan fingerprint density at radius 1 is 1.35 bits per heavy atom. The summed E-state index contributed by atoms with van der Waals surface area (Å²) in [7, 11) is 0. The van der Waals surface area contributed by atoms with Crippen LogP contribution >= 0.6 is 12.4 Å². The molecule has 0 amide bonds. The SMILES string of the molecule is Cl.O=[N+]([O-])c1cccc(CNC2CCCC2)c1. The number of halogens is 1. The summed E-state index contributed by atoms with van der Waals surface area (Å²) in [5.74, 6) is 0. The largest absolute Gasteiger partial charge is 0.310 e. The summed E-state index contributed by atoms with van der Waals surface area (Å²) in [5.41, 5.74) is 1.16. The number of nitro benzene ring substituents is 1. The molecule has 1 N–H and O–H groups in total. The molecule has 1 fully saturated rings. The second-order valence-corrected chi connectivity index (χ2v) is 4.29. The summed E-state index contributed by atoms with van der Waals surface area (Å²) >= 11 is 0. The predicted octanol–water partition coefficient (Wildman–Crippen LogP) is 3.05. The topological polar surface area (TPSA) is 55.2 Å². The first-order valence-corrected chi connectivity index (χ1v) is 5.72. The molecule has 17 heavy (non-hydrogen) atoms. The van der Waals surface area contributed by atoms with Gasteiger partial charge in [-0.1, -0.05) is 25.0 Å². The van der Waals surface area contributed by atoms with Crippen LogP contribution in [0, 0.1) is 10.1 Å². The molecule has 5 heteroatoms. The van der Waals surface area contributed by atoms with E-state index in [4.69, 9.17) is 0 Å². The summed E-state index contributed by atoms with van der Waals surface area (Å²) in [4.78, 5) is 10.3. The van der Waals surface area contributed by atoms with Gasteiger partial charge in [0.1, 0.15) is 0 Å². The van der Waals surface area contributed by atoms with Crippen molar-refractivity contribution in [1.29, 1.82) is 0 Å². The van der Waals surface area contributed by atoms with Crippen molar-refractivity contribution in [3.63, 3.8) is 0 Å². The molecule has 0 bridgehead atoms. The minimum Gasteiger partial charge on any atom is -0.310 e. The van der Waals surface area contributed by atoms with Crippen LogP contribution in [-0.4, -0.2) is 11.0 Å². The van der Waals surface area contributed by atoms with Crippen LogP contribution in [0.3, 0.4) is 0 Å². The maximum atomic E-state index is 10.6. The van der Waals surface area contributed by atoms with E-state index in [1.807, 2.05) is 6.07 Å². The molecule has 0 aromatic heterocycles. The first-order valence-electron chi connectivity index (χ1n) is 5.72. The highest BCUT2D eigenvalue weighted by atomic mass is 35.5. The van der Waals surface area contributed by atoms with Crippen LogP contribution in [0.1, 0.15) is 31.2 Å². The van der Waals surface area contributed by atoms with Crippen molar-refractivity contribution in [2.24, 2.45) is 0 Å². The van der Waals surface area contributed by atoms with Crippen LogP contribution in [0.5, 0.6) is 0 Å². The number of nitro groups is 1. The van der Waals surface area contributed by atoms with Gasteiger partial charge in [-0.25, -0.2) is 0 Å². The lowest BCUT2D eigenvalue weighted by Crippen LogP contribution is -2.25. The second-order valence-electron chi connectivity index (χ2n) is 4.29. The van der Waals surface area contributed by atoms with E-state index in [1.54, 1.807) is 12.1 Å². The van der Waals surface area contributed by atoms with Gasteiger partial charge in [-0.05, 0) is 18.4 Å². The Labute approximate surface area is 107 Å². The van der Waals surface area contributed by atoms with Gasteiger partial charge in [0.15, 0.2) is 0 Å². The standard InChI is InChI=1S/C12H16N2O2.ClH/c15-14(16)12-7-3-4-10(8-12)9-13-11-5-1-2-6-11;/h3-4,7-8,11,13H,1-2,5-6,9H2;1H. The normalized spacial score (nSPS) is 15.5. The minimum absolute atomic E-state index is 0. The van der Waals surface area contributed by atoms with Gasteiger partial charge in [0, 0.05) is 24.7 Å². The highest BCUT2D eigenvalue weighted by Crippen LogP contribution is 2.19. The lowest BCUT2D eigenvalue weighted by atomic mass is 10.2. The van der Waals surface area contributed by atoms with E-state index in [2.05, 4.69) is 5.32 Å². The fourth-order valence-corrected chi connectivity index (χ4v) is 2.17. The van der Waals surface area contributed by atoms with E-state index in [0.717, 1.165) is 12.1 Å². The van der Waals surface area contributed by atoms with E-state index in [1.165, 1.54) is 31.7 Å². The zero-order chi connectivity index (χ0) is 11.4. The van der Waals surface area contributed by atoms with E-state index in [9.17, 15) is 10.1 Å². The van der Waals surface area contributed by atoms with Gasteiger partial charge in [-0.3, -0.25) is 10.1 Å². The zero-order valence-electron chi connectivity index (χ0n) is 9.59. The number of hydrogen-bond acceptors (Lipinski definition) is 3. The van der Waals surface area contributed by atoms with Gasteiger partial charge < -0.3 is 5.32 Å². The molecular weight excluding hydrogens is 240 g/mol. The van der Waals surface area contributed by atoms with Crippen molar-refractivity contribution < 1.29 is 4.92 Å². The van der Waals surface area contributed by atoms with Crippen molar-refractivity contribution >= 4 is 18.1 Å². The molecule has 1 saturated carbocycles. The van der Waals surface area contributed by atoms with Crippen molar-refractivity contribution in [2.75, 3.05) is 0 Å². The third-order valence-corrected chi connectivity index (χ3v) is 3.07. The quantitative estimate of drug-likeness (QED) is 0.665. The Morgan fingerprint density at radius 2 is 2.06 bits per heavy atom. The number of nitrogens with one attached hydrogen (secondary N) is 1. The van der Waals surface area contributed by atoms with Gasteiger partial charge in [0.25, 0.3) is 5.69 Å². The first kappa shape index (κ1) is 13.9. The van der Waals surface area contributed by atoms with E-state index in [0.29, 0.717) is 6.04 Å². The van der Waals surface area contributed by atoms with Crippen LogP contribution in [0.25, 0.3) is 0 Å². The molecule has 0 saturated heterocycles. The monoisotopic (exact) mass is 256 g/mol. The Kier molecular flexibility index (Phi) is 5.38. The maximum absolute atomic E-state index is 10.6. The number of benzene rings is 1. The highest BCUT2D eigenvalue weighted by Gasteiger charge is 2.14. The van der Waals surface area contributed by atoms with E-state index in [-0.39, 0.29) is 23.0 Å². The Morgan fingerprint density at radius 3 is 2.71 bits per heavy atom. The first-order chi connectivity index (χ1) is 7.75. The lowest BCUT2D eigenvalue weighted by Gasteiger charge is -2.11. The zero-order valence-corrected chi connectivity index (χ0v) is 10.4. The van der Waals surface area contributed by atoms with Gasteiger partial charge >= 0.3 is 0 Å². The summed E-state index contributed by atoms with van der Waals surface area (Å²) < 4.78 is 0. The van der Waals surface area contributed by atoms with Crippen molar-refractivity contribution in [1.82, 2.24) is 5.32 Å². The summed E-state index contributed by atoms with van der Waals surface area (Å²) in [5, 5.41) is 14.0. The number of rotatable bonds is 4. The second kappa shape index (κ2) is 6.57. The summed E-state index contributed by atoms with van der Waals surface area (Å²) in [6, 6.07) is 7.43. The fourth-order valence-electron chi connectivity index (χ4n) is 2.17. The maximum Gasteiger partial charge on any atom is 0.269 e. The third kappa shape index (κ3) is 3.98. The molecule has 1 aliphatic rings. The Bertz CT molecular complexity index is 379. The summed E-state index contributed by atoms with van der Waals surface area (Å²) in [6.07, 6.45) is 5.06. The lowest BCUT2D eigenvalue weighted by molar-refractivity contribution is -0.384. The molecule has 0 atom stereocenters. The van der Waals surface area contributed by atoms with Crippen molar-refractivity contribution in [2.45, 2.75) is 38.3 Å². The molecule has 0 unspecified atom stereocenters. The van der Waals surface area contributed by atoms with Gasteiger partial charge in [0.05, 0.1) is 4.92 Å². The fraction of sp³-hybridized carbons (Fsp3) is 0.500. The molecule has 0 radical (unpaired) electrons. The summed E-state index contributed by atoms with van der Waals surface area (Å²) in [6.45, 7) is 0.729. The van der Waals surface area contributed by atoms with Gasteiger partial charge in [0.2, 0.25) is 0 Å².